The van der Waals surface area contributed by atoms with Crippen LogP contribution in [0, 0.1) is 5.41 Å². The fourth-order valence-electron chi connectivity index (χ4n) is 2.58. The second-order valence-electron chi connectivity index (χ2n) is 5.55. The summed E-state index contributed by atoms with van der Waals surface area (Å²) in [4.78, 5) is 26.0. The van der Waals surface area contributed by atoms with E-state index in [1.807, 2.05) is 0 Å². The third kappa shape index (κ3) is 2.72. The van der Waals surface area contributed by atoms with Gasteiger partial charge in [0, 0.05) is 19.6 Å². The van der Waals surface area contributed by atoms with E-state index in [1.54, 1.807) is 13.1 Å². The number of rotatable bonds is 5. The molecule has 0 aromatic heterocycles. The summed E-state index contributed by atoms with van der Waals surface area (Å²) >= 11 is 0. The first-order chi connectivity index (χ1) is 9.32. The van der Waals surface area contributed by atoms with Crippen LogP contribution in [0.5, 0.6) is 0 Å². The van der Waals surface area contributed by atoms with Crippen LogP contribution in [0.3, 0.4) is 0 Å². The highest BCUT2D eigenvalue weighted by Crippen LogP contribution is 2.47. The molecule has 0 radical (unpaired) electrons. The van der Waals surface area contributed by atoms with E-state index < -0.39 is 15.3 Å². The lowest BCUT2D eigenvalue weighted by Gasteiger charge is -2.27. The van der Waals surface area contributed by atoms with Crippen LogP contribution >= 0.6 is 0 Å². The van der Waals surface area contributed by atoms with E-state index >= 15 is 0 Å². The van der Waals surface area contributed by atoms with Crippen LogP contribution in [0.2, 0.25) is 0 Å². The number of nitrogens with zero attached hydrogens (tertiary/aromatic N) is 1. The number of amides is 2. The third-order valence-corrected chi connectivity index (χ3v) is 5.83. The lowest BCUT2D eigenvalue weighted by atomic mass is 10.0. The summed E-state index contributed by atoms with van der Waals surface area (Å²) in [6, 6.07) is -0.308. The standard InChI is InChI=1S/C13H20N2O4S/c1-3-7-14-11(16)13(5-6-13)12(17)15(2)10-4-8-20(18,19)9-10/h3,10H,1,4-9H2,2H3,(H,14,16). The van der Waals surface area contributed by atoms with Crippen molar-refractivity contribution in [2.75, 3.05) is 25.1 Å². The summed E-state index contributed by atoms with van der Waals surface area (Å²) in [6.45, 7) is 3.85. The molecule has 1 N–H and O–H groups in total. The molecule has 112 valence electrons. The van der Waals surface area contributed by atoms with Crippen molar-refractivity contribution in [1.29, 1.82) is 0 Å². The highest BCUT2D eigenvalue weighted by molar-refractivity contribution is 7.91. The van der Waals surface area contributed by atoms with E-state index in [0.29, 0.717) is 25.8 Å². The Hall–Kier alpha value is -1.37. The van der Waals surface area contributed by atoms with Gasteiger partial charge in [0.1, 0.15) is 5.41 Å². The van der Waals surface area contributed by atoms with Crippen LogP contribution in [0.4, 0.5) is 0 Å². The van der Waals surface area contributed by atoms with Crippen LogP contribution in [0.1, 0.15) is 19.3 Å². The van der Waals surface area contributed by atoms with E-state index in [9.17, 15) is 18.0 Å². The molecule has 0 spiro atoms. The molecule has 20 heavy (non-hydrogen) atoms. The number of hydrogen-bond acceptors (Lipinski definition) is 4. The van der Waals surface area contributed by atoms with Gasteiger partial charge < -0.3 is 10.2 Å². The van der Waals surface area contributed by atoms with Gasteiger partial charge in [0.15, 0.2) is 9.84 Å². The molecule has 7 heteroatoms. The fraction of sp³-hybridized carbons (Fsp3) is 0.692. The molecular weight excluding hydrogens is 280 g/mol. The number of hydrogen-bond donors (Lipinski definition) is 1. The highest BCUT2D eigenvalue weighted by Gasteiger charge is 2.58. The Balaban J connectivity index is 2.04. The van der Waals surface area contributed by atoms with Gasteiger partial charge in [-0.05, 0) is 19.3 Å². The molecule has 1 saturated heterocycles. The average molecular weight is 300 g/mol. The molecule has 2 fully saturated rings. The second kappa shape index (κ2) is 5.20. The van der Waals surface area contributed by atoms with Crippen LogP contribution in [-0.2, 0) is 19.4 Å². The highest BCUT2D eigenvalue weighted by atomic mass is 32.2. The molecule has 1 unspecified atom stereocenters. The zero-order valence-corrected chi connectivity index (χ0v) is 12.4. The van der Waals surface area contributed by atoms with Crippen LogP contribution in [-0.4, -0.2) is 56.3 Å². The maximum atomic E-state index is 12.5. The van der Waals surface area contributed by atoms with Gasteiger partial charge in [-0.25, -0.2) is 8.42 Å². The monoisotopic (exact) mass is 300 g/mol. The lowest BCUT2D eigenvalue weighted by molar-refractivity contribution is -0.144. The molecule has 1 saturated carbocycles. The molecule has 1 aliphatic heterocycles. The Bertz CT molecular complexity index is 537. The van der Waals surface area contributed by atoms with Gasteiger partial charge in [0.25, 0.3) is 0 Å². The maximum absolute atomic E-state index is 12.5. The average Bonchev–Trinajstić information content (AvgIpc) is 3.13. The smallest absolute Gasteiger partial charge is 0.238 e. The summed E-state index contributed by atoms with van der Waals surface area (Å²) < 4.78 is 23.0. The summed E-state index contributed by atoms with van der Waals surface area (Å²) in [7, 11) is -1.45. The molecule has 2 aliphatic rings. The summed E-state index contributed by atoms with van der Waals surface area (Å²) in [5, 5.41) is 2.65. The van der Waals surface area contributed by atoms with Gasteiger partial charge in [0.05, 0.1) is 11.5 Å². The molecule has 1 heterocycles. The number of carbonyl (C=O) groups is 2. The van der Waals surface area contributed by atoms with Crippen LogP contribution in [0.15, 0.2) is 12.7 Å². The molecule has 2 rings (SSSR count). The van der Waals surface area contributed by atoms with Crippen molar-refractivity contribution in [3.8, 4) is 0 Å². The maximum Gasteiger partial charge on any atom is 0.238 e. The molecule has 0 aromatic rings. The Morgan fingerprint density at radius 1 is 1.45 bits per heavy atom. The van der Waals surface area contributed by atoms with Gasteiger partial charge in [-0.1, -0.05) is 6.08 Å². The molecule has 0 bridgehead atoms. The normalized spacial score (nSPS) is 25.8. The Morgan fingerprint density at radius 2 is 2.10 bits per heavy atom. The first kappa shape index (κ1) is 15.0. The summed E-state index contributed by atoms with van der Waals surface area (Å²) in [5.41, 5.74) is -0.982. The molecule has 1 atom stereocenters. The number of nitrogens with one attached hydrogen (secondary N) is 1. The quantitative estimate of drug-likeness (QED) is 0.559. The van der Waals surface area contributed by atoms with Crippen molar-refractivity contribution < 1.29 is 18.0 Å². The van der Waals surface area contributed by atoms with Gasteiger partial charge in [-0.15, -0.1) is 6.58 Å². The first-order valence-corrected chi connectivity index (χ1v) is 8.51. The van der Waals surface area contributed by atoms with Gasteiger partial charge >= 0.3 is 0 Å². The second-order valence-corrected chi connectivity index (χ2v) is 7.78. The van der Waals surface area contributed by atoms with Crippen molar-refractivity contribution in [2.45, 2.75) is 25.3 Å². The zero-order chi connectivity index (χ0) is 15.0. The van der Waals surface area contributed by atoms with E-state index in [-0.39, 0.29) is 29.4 Å². The van der Waals surface area contributed by atoms with E-state index in [2.05, 4.69) is 11.9 Å². The van der Waals surface area contributed by atoms with E-state index in [0.717, 1.165) is 0 Å². The first-order valence-electron chi connectivity index (χ1n) is 6.69. The number of sulfone groups is 1. The van der Waals surface area contributed by atoms with Crippen molar-refractivity contribution in [1.82, 2.24) is 10.2 Å². The van der Waals surface area contributed by atoms with Crippen molar-refractivity contribution >= 4 is 21.7 Å². The topological polar surface area (TPSA) is 83.6 Å². The Kier molecular flexibility index (Phi) is 3.90. The lowest BCUT2D eigenvalue weighted by Crippen LogP contribution is -2.47. The van der Waals surface area contributed by atoms with Gasteiger partial charge in [-0.3, -0.25) is 9.59 Å². The van der Waals surface area contributed by atoms with Crippen LogP contribution in [0.25, 0.3) is 0 Å². The largest absolute Gasteiger partial charge is 0.352 e. The minimum atomic E-state index is -3.04. The summed E-state index contributed by atoms with van der Waals surface area (Å²) in [5.74, 6) is -0.430. The zero-order valence-electron chi connectivity index (χ0n) is 11.6. The predicted octanol–water partition coefficient (Wildman–Crippen LogP) is -0.286. The third-order valence-electron chi connectivity index (χ3n) is 4.08. The molecule has 2 amide bonds. The van der Waals surface area contributed by atoms with E-state index in [1.165, 1.54) is 4.90 Å². The fourth-order valence-corrected chi connectivity index (χ4v) is 4.36. The van der Waals surface area contributed by atoms with Crippen molar-refractivity contribution in [2.24, 2.45) is 5.41 Å². The van der Waals surface area contributed by atoms with Crippen molar-refractivity contribution in [3.05, 3.63) is 12.7 Å². The van der Waals surface area contributed by atoms with Gasteiger partial charge in [-0.2, -0.15) is 0 Å². The van der Waals surface area contributed by atoms with Gasteiger partial charge in [0.2, 0.25) is 11.8 Å². The van der Waals surface area contributed by atoms with Crippen LogP contribution < -0.4 is 5.32 Å². The summed E-state index contributed by atoms with van der Waals surface area (Å²) in [6.07, 6.45) is 3.07. The Labute approximate surface area is 119 Å². The molecule has 6 nitrogen and oxygen atoms in total. The molecule has 1 aliphatic carbocycles. The van der Waals surface area contributed by atoms with Crippen molar-refractivity contribution in [3.63, 3.8) is 0 Å². The SMILES string of the molecule is C=CCNC(=O)C1(C(=O)N(C)C2CCS(=O)(=O)C2)CC1. The minimum absolute atomic E-state index is 0.000400. The van der Waals surface area contributed by atoms with E-state index in [4.69, 9.17) is 0 Å². The Morgan fingerprint density at radius 3 is 2.55 bits per heavy atom. The minimum Gasteiger partial charge on any atom is -0.352 e. The molecule has 0 aromatic carbocycles. The number of carbonyl (C=O) groups excluding carboxylic acids is 2. The predicted molar refractivity (Wildman–Crippen MR) is 74.7 cm³/mol. The molecular formula is C13H20N2O4S.